The van der Waals surface area contributed by atoms with Crippen LogP contribution in [0.15, 0.2) is 18.2 Å². The minimum Gasteiger partial charge on any atom is -0.376 e. The Morgan fingerprint density at radius 1 is 1.35 bits per heavy atom. The topological polar surface area (TPSA) is 55.2 Å². The van der Waals surface area contributed by atoms with Crippen molar-refractivity contribution in [2.75, 3.05) is 11.2 Å². The maximum atomic E-state index is 13.0. The fraction of sp³-hybridized carbons (Fsp3) is 0.600. The molecule has 23 heavy (non-hydrogen) atoms. The van der Waals surface area contributed by atoms with Crippen molar-refractivity contribution in [1.82, 2.24) is 0 Å². The van der Waals surface area contributed by atoms with Gasteiger partial charge >= 0.3 is 6.18 Å². The maximum Gasteiger partial charge on any atom is 0.418 e. The fourth-order valence-electron chi connectivity index (χ4n) is 2.06. The number of hydrogen-bond acceptors (Lipinski definition) is 4. The molecule has 1 aromatic carbocycles. The second-order valence-electron chi connectivity index (χ2n) is 5.28. The number of nitro benzene ring substituents is 1. The van der Waals surface area contributed by atoms with E-state index in [0.29, 0.717) is 17.2 Å². The quantitative estimate of drug-likeness (QED) is 0.269. The zero-order chi connectivity index (χ0) is 17.5. The van der Waals surface area contributed by atoms with E-state index in [9.17, 15) is 23.3 Å². The predicted octanol–water partition coefficient (Wildman–Crippen LogP) is 5.69. The molecule has 8 heteroatoms. The number of thioether (sulfide) groups is 1. The second kappa shape index (κ2) is 9.00. The number of benzene rings is 1. The lowest BCUT2D eigenvalue weighted by atomic mass is 10.1. The molecule has 130 valence electrons. The third-order valence-corrected chi connectivity index (χ3v) is 4.48. The van der Waals surface area contributed by atoms with Crippen molar-refractivity contribution < 1.29 is 18.1 Å². The van der Waals surface area contributed by atoms with Gasteiger partial charge in [-0.3, -0.25) is 10.1 Å². The Hall–Kier alpha value is -1.44. The molecule has 0 bridgehead atoms. The molecular formula is C15H21F3N2O2S. The van der Waals surface area contributed by atoms with Crippen LogP contribution in [0, 0.1) is 10.1 Å². The van der Waals surface area contributed by atoms with Crippen LogP contribution < -0.4 is 5.32 Å². The lowest BCUT2D eigenvalue weighted by Gasteiger charge is -2.16. The van der Waals surface area contributed by atoms with E-state index in [-0.39, 0.29) is 5.69 Å². The summed E-state index contributed by atoms with van der Waals surface area (Å²) in [5.41, 5.74) is -1.70. The molecule has 0 saturated heterocycles. The van der Waals surface area contributed by atoms with Gasteiger partial charge in [0.15, 0.2) is 0 Å². The fourth-order valence-corrected chi connectivity index (χ4v) is 2.92. The molecule has 0 radical (unpaired) electrons. The Morgan fingerprint density at radius 3 is 2.61 bits per heavy atom. The van der Waals surface area contributed by atoms with Gasteiger partial charge in [-0.15, -0.1) is 11.8 Å². The molecule has 0 unspecified atom stereocenters. The SMILES string of the molecule is CCCCC[C@@H](C)SCNc1ccc([N+](=O)[O-])cc1C(F)(F)F. The number of hydrogen-bond donors (Lipinski definition) is 1. The number of rotatable bonds is 9. The van der Waals surface area contributed by atoms with Crippen LogP contribution in [0.4, 0.5) is 24.5 Å². The van der Waals surface area contributed by atoms with Gasteiger partial charge in [-0.2, -0.15) is 13.2 Å². The highest BCUT2D eigenvalue weighted by atomic mass is 32.2. The summed E-state index contributed by atoms with van der Waals surface area (Å²) in [5.74, 6) is 0.328. The van der Waals surface area contributed by atoms with Gasteiger partial charge in [0.2, 0.25) is 0 Å². The van der Waals surface area contributed by atoms with Gasteiger partial charge in [-0.1, -0.05) is 33.1 Å². The Kier molecular flexibility index (Phi) is 7.67. The first-order chi connectivity index (χ1) is 10.8. The van der Waals surface area contributed by atoms with Gasteiger partial charge < -0.3 is 5.32 Å². The molecule has 1 atom stereocenters. The number of nitro groups is 1. The van der Waals surface area contributed by atoms with Crippen molar-refractivity contribution in [1.29, 1.82) is 0 Å². The molecule has 0 amide bonds. The summed E-state index contributed by atoms with van der Waals surface area (Å²) in [6, 6.07) is 2.76. The smallest absolute Gasteiger partial charge is 0.376 e. The van der Waals surface area contributed by atoms with E-state index in [1.807, 2.05) is 6.92 Å². The predicted molar refractivity (Wildman–Crippen MR) is 87.8 cm³/mol. The van der Waals surface area contributed by atoms with Crippen LogP contribution in [0.25, 0.3) is 0 Å². The summed E-state index contributed by atoms with van der Waals surface area (Å²) < 4.78 is 39.0. The largest absolute Gasteiger partial charge is 0.418 e. The average molecular weight is 350 g/mol. The standard InChI is InChI=1S/C15H21F3N2O2S/c1-3-4-5-6-11(2)23-10-19-14-8-7-12(20(21)22)9-13(14)15(16,17)18/h7-9,11,19H,3-6,10H2,1-2H3/t11-/m1/s1. The van der Waals surface area contributed by atoms with E-state index in [1.165, 1.54) is 11.8 Å². The van der Waals surface area contributed by atoms with E-state index in [4.69, 9.17) is 0 Å². The van der Waals surface area contributed by atoms with Crippen LogP contribution in [-0.2, 0) is 6.18 Å². The van der Waals surface area contributed by atoms with E-state index in [0.717, 1.165) is 37.8 Å². The van der Waals surface area contributed by atoms with Crippen molar-refractivity contribution in [3.63, 3.8) is 0 Å². The minimum absolute atomic E-state index is 0.128. The van der Waals surface area contributed by atoms with Crippen molar-refractivity contribution >= 4 is 23.1 Å². The number of unbranched alkanes of at least 4 members (excludes halogenated alkanes) is 2. The molecule has 0 fully saturated rings. The second-order valence-corrected chi connectivity index (χ2v) is 6.71. The van der Waals surface area contributed by atoms with Crippen molar-refractivity contribution in [3.05, 3.63) is 33.9 Å². The summed E-state index contributed by atoms with van der Waals surface area (Å²) in [7, 11) is 0. The zero-order valence-corrected chi connectivity index (χ0v) is 14.0. The van der Waals surface area contributed by atoms with Crippen LogP contribution in [-0.4, -0.2) is 16.1 Å². The Labute approximate surface area is 138 Å². The van der Waals surface area contributed by atoms with E-state index in [2.05, 4.69) is 12.2 Å². The lowest BCUT2D eigenvalue weighted by Crippen LogP contribution is -2.12. The first-order valence-corrected chi connectivity index (χ1v) is 8.51. The third kappa shape index (κ3) is 6.68. The van der Waals surface area contributed by atoms with E-state index >= 15 is 0 Å². The molecule has 0 heterocycles. The molecule has 0 aliphatic rings. The van der Waals surface area contributed by atoms with Crippen LogP contribution in [0.3, 0.4) is 0 Å². The highest BCUT2D eigenvalue weighted by Gasteiger charge is 2.35. The molecule has 0 aliphatic carbocycles. The first kappa shape index (κ1) is 19.6. The summed E-state index contributed by atoms with van der Waals surface area (Å²) in [6.07, 6.45) is -0.222. The lowest BCUT2D eigenvalue weighted by molar-refractivity contribution is -0.385. The Morgan fingerprint density at radius 2 is 2.04 bits per heavy atom. The van der Waals surface area contributed by atoms with Gasteiger partial charge in [0.05, 0.1) is 16.4 Å². The third-order valence-electron chi connectivity index (χ3n) is 3.36. The molecule has 0 aromatic heterocycles. The number of alkyl halides is 3. The number of halogens is 3. The number of nitrogens with zero attached hydrogens (tertiary/aromatic N) is 1. The first-order valence-electron chi connectivity index (χ1n) is 7.46. The maximum absolute atomic E-state index is 13.0. The summed E-state index contributed by atoms with van der Waals surface area (Å²) >= 11 is 1.54. The van der Waals surface area contributed by atoms with Gasteiger partial charge in [0.25, 0.3) is 5.69 Å². The average Bonchev–Trinajstić information content (AvgIpc) is 2.46. The highest BCUT2D eigenvalue weighted by molar-refractivity contribution is 7.99. The van der Waals surface area contributed by atoms with Crippen molar-refractivity contribution in [2.45, 2.75) is 51.0 Å². The summed E-state index contributed by atoms with van der Waals surface area (Å²) in [6.45, 7) is 4.16. The van der Waals surface area contributed by atoms with Gasteiger partial charge in [0, 0.05) is 23.1 Å². The van der Waals surface area contributed by atoms with Crippen LogP contribution >= 0.6 is 11.8 Å². The van der Waals surface area contributed by atoms with E-state index in [1.54, 1.807) is 0 Å². The monoisotopic (exact) mass is 350 g/mol. The molecule has 0 saturated carbocycles. The van der Waals surface area contributed by atoms with Crippen LogP contribution in [0.2, 0.25) is 0 Å². The molecule has 1 aromatic rings. The molecule has 1 N–H and O–H groups in total. The molecule has 4 nitrogen and oxygen atoms in total. The molecule has 0 aliphatic heterocycles. The Balaban J connectivity index is 2.67. The summed E-state index contributed by atoms with van der Waals surface area (Å²) in [4.78, 5) is 9.80. The van der Waals surface area contributed by atoms with Crippen molar-refractivity contribution in [3.8, 4) is 0 Å². The zero-order valence-electron chi connectivity index (χ0n) is 13.2. The highest BCUT2D eigenvalue weighted by Crippen LogP contribution is 2.37. The van der Waals surface area contributed by atoms with Crippen LogP contribution in [0.1, 0.15) is 45.1 Å². The molecular weight excluding hydrogens is 329 g/mol. The Bertz CT molecular complexity index is 524. The normalized spacial score (nSPS) is 12.9. The summed E-state index contributed by atoms with van der Waals surface area (Å²) in [5, 5.41) is 13.7. The molecule has 1 rings (SSSR count). The number of anilines is 1. The number of nitrogens with one attached hydrogen (secondary N) is 1. The van der Waals surface area contributed by atoms with Gasteiger partial charge in [0.1, 0.15) is 0 Å². The van der Waals surface area contributed by atoms with Gasteiger partial charge in [-0.05, 0) is 12.5 Å². The van der Waals surface area contributed by atoms with Crippen LogP contribution in [0.5, 0.6) is 0 Å². The van der Waals surface area contributed by atoms with Crippen molar-refractivity contribution in [2.24, 2.45) is 0 Å². The van der Waals surface area contributed by atoms with Gasteiger partial charge in [-0.25, -0.2) is 0 Å². The number of non-ortho nitro benzene ring substituents is 1. The minimum atomic E-state index is -4.63. The van der Waals surface area contributed by atoms with E-state index < -0.39 is 22.4 Å². The molecule has 0 spiro atoms.